The van der Waals surface area contributed by atoms with Gasteiger partial charge in [-0.3, -0.25) is 4.79 Å². The van der Waals surface area contributed by atoms with Gasteiger partial charge in [-0.2, -0.15) is 0 Å². The second-order valence-electron chi connectivity index (χ2n) is 3.77. The zero-order chi connectivity index (χ0) is 12.2. The molecular weight excluding hydrogens is 226 g/mol. The van der Waals surface area contributed by atoms with Crippen molar-refractivity contribution in [3.63, 3.8) is 0 Å². The molecule has 0 aromatic carbocycles. The van der Waals surface area contributed by atoms with Crippen LogP contribution in [-0.4, -0.2) is 22.5 Å². The molecule has 1 aromatic heterocycles. The molecule has 1 heterocycles. The Morgan fingerprint density at radius 2 is 2.19 bits per heavy atom. The number of carbonyl (C=O) groups is 2. The van der Waals surface area contributed by atoms with Gasteiger partial charge in [0.25, 0.3) is 0 Å². The number of hydrogen-bond acceptors (Lipinski definition) is 3. The van der Waals surface area contributed by atoms with Gasteiger partial charge in [-0.1, -0.05) is 6.07 Å². The molecule has 1 rings (SSSR count). The Bertz CT molecular complexity index is 407. The van der Waals surface area contributed by atoms with Gasteiger partial charge in [0, 0.05) is 11.0 Å². The Balaban J connectivity index is 2.58. The third kappa shape index (κ3) is 3.51. The number of amides is 1. The average molecular weight is 239 g/mol. The number of rotatable bonds is 4. The first kappa shape index (κ1) is 12.4. The molecule has 2 N–H and O–H groups in total. The molecule has 1 amide bonds. The molecule has 0 unspecified atom stereocenters. The summed E-state index contributed by atoms with van der Waals surface area (Å²) in [5, 5.41) is 13.1. The van der Waals surface area contributed by atoms with Crippen LogP contribution in [-0.2, 0) is 9.59 Å². The SMILES string of the molecule is CC(C)(NC(=O)C=Cc1cccs1)C(=O)O. The van der Waals surface area contributed by atoms with Crippen LogP contribution in [0, 0.1) is 0 Å². The zero-order valence-corrected chi connectivity index (χ0v) is 9.88. The largest absolute Gasteiger partial charge is 0.480 e. The quantitative estimate of drug-likeness (QED) is 0.786. The minimum absolute atomic E-state index is 0.416. The highest BCUT2D eigenvalue weighted by atomic mass is 32.1. The Morgan fingerprint density at radius 1 is 1.50 bits per heavy atom. The number of hydrogen-bond donors (Lipinski definition) is 2. The second kappa shape index (κ2) is 4.94. The molecule has 0 atom stereocenters. The maximum atomic E-state index is 11.4. The van der Waals surface area contributed by atoms with E-state index < -0.39 is 17.4 Å². The van der Waals surface area contributed by atoms with Gasteiger partial charge in [-0.15, -0.1) is 11.3 Å². The molecule has 0 bridgehead atoms. The summed E-state index contributed by atoms with van der Waals surface area (Å²) in [6, 6.07) is 3.75. The lowest BCUT2D eigenvalue weighted by Gasteiger charge is -2.19. The van der Waals surface area contributed by atoms with Crippen molar-refractivity contribution in [3.05, 3.63) is 28.5 Å². The van der Waals surface area contributed by atoms with Crippen molar-refractivity contribution in [2.24, 2.45) is 0 Å². The summed E-state index contributed by atoms with van der Waals surface area (Å²) in [7, 11) is 0. The van der Waals surface area contributed by atoms with Gasteiger partial charge in [0.2, 0.25) is 5.91 Å². The number of carboxylic acids is 1. The average Bonchev–Trinajstić information content (AvgIpc) is 2.66. The van der Waals surface area contributed by atoms with Crippen LogP contribution in [0.1, 0.15) is 18.7 Å². The van der Waals surface area contributed by atoms with Crippen LogP contribution in [0.2, 0.25) is 0 Å². The third-order valence-corrected chi connectivity index (χ3v) is 2.75. The van der Waals surface area contributed by atoms with E-state index in [0.29, 0.717) is 0 Å². The summed E-state index contributed by atoms with van der Waals surface area (Å²) in [5.41, 5.74) is -1.25. The fraction of sp³-hybridized carbons (Fsp3) is 0.273. The van der Waals surface area contributed by atoms with Crippen molar-refractivity contribution in [2.75, 3.05) is 0 Å². The molecule has 0 aliphatic heterocycles. The van der Waals surface area contributed by atoms with Gasteiger partial charge in [0.1, 0.15) is 5.54 Å². The maximum absolute atomic E-state index is 11.4. The van der Waals surface area contributed by atoms with E-state index in [1.165, 1.54) is 31.3 Å². The number of aliphatic carboxylic acids is 1. The highest BCUT2D eigenvalue weighted by molar-refractivity contribution is 7.10. The first-order valence-electron chi connectivity index (χ1n) is 4.69. The van der Waals surface area contributed by atoms with E-state index in [-0.39, 0.29) is 0 Å². The van der Waals surface area contributed by atoms with Crippen LogP contribution in [0.4, 0.5) is 0 Å². The zero-order valence-electron chi connectivity index (χ0n) is 9.06. The summed E-state index contributed by atoms with van der Waals surface area (Å²) in [5.74, 6) is -1.48. The number of carbonyl (C=O) groups excluding carboxylic acids is 1. The standard InChI is InChI=1S/C11H13NO3S/c1-11(2,10(14)15)12-9(13)6-5-8-4-3-7-16-8/h3-7H,1-2H3,(H,12,13)(H,14,15). The van der Waals surface area contributed by atoms with E-state index in [2.05, 4.69) is 5.32 Å². The van der Waals surface area contributed by atoms with Crippen LogP contribution in [0.5, 0.6) is 0 Å². The highest BCUT2D eigenvalue weighted by Crippen LogP contribution is 2.10. The van der Waals surface area contributed by atoms with Crippen molar-refractivity contribution in [3.8, 4) is 0 Å². The van der Waals surface area contributed by atoms with Crippen molar-refractivity contribution in [1.82, 2.24) is 5.32 Å². The van der Waals surface area contributed by atoms with Crippen LogP contribution in [0.25, 0.3) is 6.08 Å². The Hall–Kier alpha value is -1.62. The minimum atomic E-state index is -1.25. The van der Waals surface area contributed by atoms with Crippen LogP contribution in [0.15, 0.2) is 23.6 Å². The van der Waals surface area contributed by atoms with Gasteiger partial charge in [-0.25, -0.2) is 4.79 Å². The minimum Gasteiger partial charge on any atom is -0.480 e. The van der Waals surface area contributed by atoms with Gasteiger partial charge in [0.15, 0.2) is 0 Å². The molecule has 86 valence electrons. The molecule has 4 nitrogen and oxygen atoms in total. The molecule has 0 aliphatic rings. The number of nitrogens with one attached hydrogen (secondary N) is 1. The summed E-state index contributed by atoms with van der Waals surface area (Å²) in [6.07, 6.45) is 2.98. The molecule has 0 saturated heterocycles. The molecule has 5 heteroatoms. The molecule has 0 saturated carbocycles. The van der Waals surface area contributed by atoms with E-state index >= 15 is 0 Å². The predicted octanol–water partition coefficient (Wildman–Crippen LogP) is 1.74. The van der Waals surface area contributed by atoms with E-state index in [1.807, 2.05) is 17.5 Å². The van der Waals surface area contributed by atoms with Crippen LogP contribution >= 0.6 is 11.3 Å². The maximum Gasteiger partial charge on any atom is 0.328 e. The first-order valence-corrected chi connectivity index (χ1v) is 5.57. The Morgan fingerprint density at radius 3 is 2.69 bits per heavy atom. The lowest BCUT2D eigenvalue weighted by molar-refractivity contribution is -0.145. The van der Waals surface area contributed by atoms with Gasteiger partial charge < -0.3 is 10.4 Å². The van der Waals surface area contributed by atoms with E-state index in [4.69, 9.17) is 5.11 Å². The lowest BCUT2D eigenvalue weighted by Crippen LogP contribution is -2.49. The molecule has 16 heavy (non-hydrogen) atoms. The first-order chi connectivity index (χ1) is 7.42. The summed E-state index contributed by atoms with van der Waals surface area (Å²) in [4.78, 5) is 23.1. The molecule has 0 fully saturated rings. The van der Waals surface area contributed by atoms with E-state index in [9.17, 15) is 9.59 Å². The lowest BCUT2D eigenvalue weighted by atomic mass is 10.1. The predicted molar refractivity (Wildman–Crippen MR) is 63.2 cm³/mol. The fourth-order valence-electron chi connectivity index (χ4n) is 0.947. The molecule has 0 aliphatic carbocycles. The Kier molecular flexibility index (Phi) is 3.84. The summed E-state index contributed by atoms with van der Waals surface area (Å²) in [6.45, 7) is 2.87. The highest BCUT2D eigenvalue weighted by Gasteiger charge is 2.27. The van der Waals surface area contributed by atoms with Crippen LogP contribution in [0.3, 0.4) is 0 Å². The normalized spacial score (nSPS) is 11.6. The van der Waals surface area contributed by atoms with Crippen molar-refractivity contribution < 1.29 is 14.7 Å². The van der Waals surface area contributed by atoms with Crippen LogP contribution < -0.4 is 5.32 Å². The molecule has 0 spiro atoms. The van der Waals surface area contributed by atoms with Gasteiger partial charge in [-0.05, 0) is 31.4 Å². The van der Waals surface area contributed by atoms with Crippen molar-refractivity contribution >= 4 is 29.3 Å². The van der Waals surface area contributed by atoms with E-state index in [0.717, 1.165) is 4.88 Å². The van der Waals surface area contributed by atoms with Gasteiger partial charge in [0.05, 0.1) is 0 Å². The third-order valence-electron chi connectivity index (χ3n) is 1.91. The summed E-state index contributed by atoms with van der Waals surface area (Å²) < 4.78 is 0. The fourth-order valence-corrected chi connectivity index (χ4v) is 1.57. The molecular formula is C11H13NO3S. The van der Waals surface area contributed by atoms with E-state index in [1.54, 1.807) is 6.08 Å². The molecule has 1 aromatic rings. The van der Waals surface area contributed by atoms with Crippen molar-refractivity contribution in [1.29, 1.82) is 0 Å². The monoisotopic (exact) mass is 239 g/mol. The Labute approximate surface area is 97.6 Å². The van der Waals surface area contributed by atoms with Crippen molar-refractivity contribution in [2.45, 2.75) is 19.4 Å². The summed E-state index contributed by atoms with van der Waals surface area (Å²) >= 11 is 1.51. The number of thiophene rings is 1. The number of carboxylic acid groups (broad SMARTS) is 1. The molecule has 0 radical (unpaired) electrons. The topological polar surface area (TPSA) is 66.4 Å². The van der Waals surface area contributed by atoms with Gasteiger partial charge >= 0.3 is 5.97 Å². The second-order valence-corrected chi connectivity index (χ2v) is 4.75. The smallest absolute Gasteiger partial charge is 0.328 e.